The quantitative estimate of drug-likeness (QED) is 0.567. The zero-order chi connectivity index (χ0) is 16.4. The summed E-state index contributed by atoms with van der Waals surface area (Å²) in [5.74, 6) is -0.722. The number of H-pyrrole nitrogens is 1. The zero-order valence-electron chi connectivity index (χ0n) is 12.2. The molecule has 2 N–H and O–H groups in total. The second-order valence-electron chi connectivity index (χ2n) is 4.90. The molecule has 0 radical (unpaired) electrons. The van der Waals surface area contributed by atoms with Gasteiger partial charge in [0.1, 0.15) is 5.75 Å². The van der Waals surface area contributed by atoms with E-state index in [1.54, 1.807) is 49.6 Å². The van der Waals surface area contributed by atoms with Crippen molar-refractivity contribution in [3.63, 3.8) is 0 Å². The van der Waals surface area contributed by atoms with Crippen molar-refractivity contribution in [3.05, 3.63) is 59.2 Å². The van der Waals surface area contributed by atoms with Crippen molar-refractivity contribution in [2.45, 2.75) is 0 Å². The molecule has 0 unspecified atom stereocenters. The molecular formula is C17H13ClN2O3. The largest absolute Gasteiger partial charge is 0.497 e. The SMILES string of the molecule is COc1ccc2[nH]cc(C(=O)C(=O)Nc3ccc(Cl)cc3)c2c1. The Bertz CT molecular complexity index is 884. The van der Waals surface area contributed by atoms with Gasteiger partial charge in [-0.3, -0.25) is 9.59 Å². The molecule has 1 aromatic heterocycles. The number of aromatic nitrogens is 1. The number of ketones is 1. The maximum absolute atomic E-state index is 12.4. The van der Waals surface area contributed by atoms with Crippen LogP contribution < -0.4 is 10.1 Å². The van der Waals surface area contributed by atoms with Gasteiger partial charge in [-0.15, -0.1) is 0 Å². The number of aromatic amines is 1. The highest BCUT2D eigenvalue weighted by Crippen LogP contribution is 2.24. The van der Waals surface area contributed by atoms with Crippen molar-refractivity contribution in [2.75, 3.05) is 12.4 Å². The molecule has 0 aliphatic carbocycles. The van der Waals surface area contributed by atoms with Gasteiger partial charge < -0.3 is 15.0 Å². The van der Waals surface area contributed by atoms with E-state index >= 15 is 0 Å². The molecule has 3 aromatic rings. The van der Waals surface area contributed by atoms with Gasteiger partial charge in [-0.25, -0.2) is 0 Å². The van der Waals surface area contributed by atoms with E-state index in [2.05, 4.69) is 10.3 Å². The number of nitrogens with one attached hydrogen (secondary N) is 2. The number of hydrogen-bond donors (Lipinski definition) is 2. The molecule has 1 heterocycles. The molecule has 0 aliphatic rings. The molecule has 5 nitrogen and oxygen atoms in total. The zero-order valence-corrected chi connectivity index (χ0v) is 13.0. The van der Waals surface area contributed by atoms with Crippen molar-refractivity contribution in [2.24, 2.45) is 0 Å². The van der Waals surface area contributed by atoms with Gasteiger partial charge in [-0.2, -0.15) is 0 Å². The first kappa shape index (κ1) is 15.1. The Balaban J connectivity index is 1.87. The fourth-order valence-corrected chi connectivity index (χ4v) is 2.38. The summed E-state index contributed by atoms with van der Waals surface area (Å²) >= 11 is 5.79. The Morgan fingerprint density at radius 1 is 1.13 bits per heavy atom. The molecule has 0 fully saturated rings. The van der Waals surface area contributed by atoms with E-state index in [1.165, 1.54) is 6.20 Å². The first-order chi connectivity index (χ1) is 11.1. The number of carbonyl (C=O) groups is 2. The van der Waals surface area contributed by atoms with Gasteiger partial charge in [0.05, 0.1) is 12.7 Å². The Hall–Kier alpha value is -2.79. The van der Waals surface area contributed by atoms with Crippen molar-refractivity contribution in [3.8, 4) is 5.75 Å². The minimum atomic E-state index is -0.712. The van der Waals surface area contributed by atoms with Gasteiger partial charge in [-0.05, 0) is 42.5 Å². The Labute approximate surface area is 137 Å². The molecule has 0 saturated heterocycles. The minimum Gasteiger partial charge on any atom is -0.497 e. The highest BCUT2D eigenvalue weighted by atomic mass is 35.5. The smallest absolute Gasteiger partial charge is 0.296 e. The van der Waals surface area contributed by atoms with Crippen molar-refractivity contribution in [1.82, 2.24) is 4.98 Å². The van der Waals surface area contributed by atoms with E-state index in [1.807, 2.05) is 0 Å². The van der Waals surface area contributed by atoms with Gasteiger partial charge in [0.15, 0.2) is 0 Å². The molecule has 0 atom stereocenters. The summed E-state index contributed by atoms with van der Waals surface area (Å²) in [6.45, 7) is 0. The lowest BCUT2D eigenvalue weighted by atomic mass is 10.1. The summed E-state index contributed by atoms with van der Waals surface area (Å²) < 4.78 is 5.16. The van der Waals surface area contributed by atoms with E-state index < -0.39 is 11.7 Å². The number of fused-ring (bicyclic) bond motifs is 1. The van der Waals surface area contributed by atoms with Crippen LogP contribution in [0.4, 0.5) is 5.69 Å². The van der Waals surface area contributed by atoms with Crippen LogP contribution in [0.2, 0.25) is 5.02 Å². The summed E-state index contributed by atoms with van der Waals surface area (Å²) in [6.07, 6.45) is 1.52. The van der Waals surface area contributed by atoms with Gasteiger partial charge in [-0.1, -0.05) is 11.6 Å². The fraction of sp³-hybridized carbons (Fsp3) is 0.0588. The van der Waals surface area contributed by atoms with Gasteiger partial charge >= 0.3 is 0 Å². The maximum Gasteiger partial charge on any atom is 0.296 e. The maximum atomic E-state index is 12.4. The van der Waals surface area contributed by atoms with Crippen LogP contribution in [-0.4, -0.2) is 23.8 Å². The molecule has 0 spiro atoms. The van der Waals surface area contributed by atoms with Crippen LogP contribution in [0.1, 0.15) is 10.4 Å². The van der Waals surface area contributed by atoms with Crippen molar-refractivity contribution >= 4 is 39.9 Å². The van der Waals surface area contributed by atoms with Crippen LogP contribution in [0.5, 0.6) is 5.75 Å². The van der Waals surface area contributed by atoms with Crippen LogP contribution in [0.15, 0.2) is 48.7 Å². The van der Waals surface area contributed by atoms with E-state index in [0.29, 0.717) is 27.4 Å². The monoisotopic (exact) mass is 328 g/mol. The lowest BCUT2D eigenvalue weighted by Gasteiger charge is -2.04. The minimum absolute atomic E-state index is 0.297. The Morgan fingerprint density at radius 2 is 1.87 bits per heavy atom. The van der Waals surface area contributed by atoms with Crippen LogP contribution in [0, 0.1) is 0 Å². The first-order valence-corrected chi connectivity index (χ1v) is 7.22. The summed E-state index contributed by atoms with van der Waals surface area (Å²) in [7, 11) is 1.54. The van der Waals surface area contributed by atoms with E-state index in [9.17, 15) is 9.59 Å². The third kappa shape index (κ3) is 3.05. The number of amides is 1. The number of rotatable bonds is 4. The topological polar surface area (TPSA) is 71.2 Å². The lowest BCUT2D eigenvalue weighted by Crippen LogP contribution is -2.22. The van der Waals surface area contributed by atoms with Crippen molar-refractivity contribution in [1.29, 1.82) is 0 Å². The normalized spacial score (nSPS) is 10.5. The third-order valence-corrected chi connectivity index (χ3v) is 3.69. The number of ether oxygens (including phenoxy) is 1. The fourth-order valence-electron chi connectivity index (χ4n) is 2.26. The number of halogens is 1. The van der Waals surface area contributed by atoms with E-state index in [-0.39, 0.29) is 0 Å². The van der Waals surface area contributed by atoms with Crippen LogP contribution in [0.25, 0.3) is 10.9 Å². The number of Topliss-reactive ketones (excluding diaryl/α,β-unsaturated/α-hetero) is 1. The highest BCUT2D eigenvalue weighted by Gasteiger charge is 2.20. The molecule has 23 heavy (non-hydrogen) atoms. The first-order valence-electron chi connectivity index (χ1n) is 6.85. The molecular weight excluding hydrogens is 316 g/mol. The van der Waals surface area contributed by atoms with Crippen LogP contribution in [0.3, 0.4) is 0 Å². The van der Waals surface area contributed by atoms with E-state index in [0.717, 1.165) is 5.52 Å². The predicted octanol–water partition coefficient (Wildman–Crippen LogP) is 3.65. The molecule has 6 heteroatoms. The Morgan fingerprint density at radius 3 is 2.57 bits per heavy atom. The van der Waals surface area contributed by atoms with Crippen LogP contribution in [-0.2, 0) is 4.79 Å². The average Bonchev–Trinajstić information content (AvgIpc) is 2.99. The van der Waals surface area contributed by atoms with Crippen molar-refractivity contribution < 1.29 is 14.3 Å². The van der Waals surface area contributed by atoms with Gasteiger partial charge in [0, 0.05) is 27.8 Å². The number of hydrogen-bond acceptors (Lipinski definition) is 3. The molecule has 0 bridgehead atoms. The summed E-state index contributed by atoms with van der Waals surface area (Å²) in [5, 5.41) is 3.75. The Kier molecular flexibility index (Phi) is 4.04. The lowest BCUT2D eigenvalue weighted by molar-refractivity contribution is -0.112. The second-order valence-corrected chi connectivity index (χ2v) is 5.34. The summed E-state index contributed by atoms with van der Waals surface area (Å²) in [4.78, 5) is 27.5. The van der Waals surface area contributed by atoms with Gasteiger partial charge in [0.2, 0.25) is 0 Å². The average molecular weight is 329 g/mol. The number of benzene rings is 2. The second kappa shape index (κ2) is 6.14. The molecule has 0 aliphatic heterocycles. The molecule has 3 rings (SSSR count). The molecule has 1 amide bonds. The van der Waals surface area contributed by atoms with Gasteiger partial charge in [0.25, 0.3) is 11.7 Å². The summed E-state index contributed by atoms with van der Waals surface area (Å²) in [5.41, 5.74) is 1.56. The number of carbonyl (C=O) groups excluding carboxylic acids is 2. The third-order valence-electron chi connectivity index (χ3n) is 3.44. The molecule has 0 saturated carbocycles. The van der Waals surface area contributed by atoms with Crippen LogP contribution >= 0.6 is 11.6 Å². The number of anilines is 1. The predicted molar refractivity (Wildman–Crippen MR) is 89.3 cm³/mol. The molecule has 2 aromatic carbocycles. The standard InChI is InChI=1S/C17H13ClN2O3/c1-23-12-6-7-15-13(8-12)14(9-19-15)16(21)17(22)20-11-4-2-10(18)3-5-11/h2-9,19H,1H3,(H,20,22). The molecule has 116 valence electrons. The highest BCUT2D eigenvalue weighted by molar-refractivity contribution is 6.48. The van der Waals surface area contributed by atoms with E-state index in [4.69, 9.17) is 16.3 Å². The number of methoxy groups -OCH3 is 1. The summed E-state index contributed by atoms with van der Waals surface area (Å²) in [6, 6.07) is 11.8.